The first-order chi connectivity index (χ1) is 15.9. The lowest BCUT2D eigenvalue weighted by Crippen LogP contribution is -2.66. The third-order valence-corrected chi connectivity index (χ3v) is 14.1. The van der Waals surface area contributed by atoms with Crippen LogP contribution in [0.1, 0.15) is 103 Å². The van der Waals surface area contributed by atoms with Gasteiger partial charge in [-0.15, -0.1) is 0 Å². The van der Waals surface area contributed by atoms with Gasteiger partial charge in [0.25, 0.3) is 0 Å². The van der Waals surface area contributed by atoms with Crippen molar-refractivity contribution in [2.75, 3.05) is 0 Å². The SMILES string of the molecule is CCC1(C)c2cccc3c(C)cc4c5c(c[n+](c4c23)C1(C)CC)C1(C)CC2(C)C3(C)CC5(C)C123. The Balaban J connectivity index is 1.62. The number of benzene rings is 2. The molecule has 1 heteroatoms. The zero-order valence-electron chi connectivity index (χ0n) is 22.7. The van der Waals surface area contributed by atoms with Crippen LogP contribution in [0.25, 0.3) is 21.7 Å². The molecular weight excluding hydrogens is 410 g/mol. The van der Waals surface area contributed by atoms with Crippen LogP contribution in [-0.2, 0) is 21.8 Å². The van der Waals surface area contributed by atoms with E-state index in [-0.39, 0.29) is 11.0 Å². The van der Waals surface area contributed by atoms with Crippen LogP contribution < -0.4 is 4.57 Å². The van der Waals surface area contributed by atoms with Gasteiger partial charge in [0.05, 0.1) is 16.2 Å². The molecule has 1 spiro atoms. The van der Waals surface area contributed by atoms with Gasteiger partial charge in [0, 0.05) is 35.2 Å². The number of aryl methyl sites for hydroxylation is 1. The number of nitrogens with zero attached hydrogens (tertiary/aromatic N) is 1. The molecule has 34 heavy (non-hydrogen) atoms. The fourth-order valence-corrected chi connectivity index (χ4v) is 12.8. The average Bonchev–Trinajstić information content (AvgIpc) is 3.05. The van der Waals surface area contributed by atoms with Crippen LogP contribution in [0.3, 0.4) is 0 Å². The monoisotopic (exact) mass is 450 g/mol. The van der Waals surface area contributed by atoms with Crippen LogP contribution in [0.2, 0.25) is 0 Å². The van der Waals surface area contributed by atoms with Gasteiger partial charge in [0.15, 0.2) is 11.7 Å². The maximum absolute atomic E-state index is 2.81. The van der Waals surface area contributed by atoms with Crippen LogP contribution in [0.15, 0.2) is 30.5 Å². The zero-order chi connectivity index (χ0) is 24.1. The summed E-state index contributed by atoms with van der Waals surface area (Å²) in [6.07, 6.45) is 7.75. The topological polar surface area (TPSA) is 3.88 Å². The molecule has 0 N–H and O–H groups in total. The number of fused-ring (bicyclic) bond motifs is 5. The molecule has 1 aromatic heterocycles. The smallest absolute Gasteiger partial charge is 0.191 e. The predicted molar refractivity (Wildman–Crippen MR) is 141 cm³/mol. The van der Waals surface area contributed by atoms with Gasteiger partial charge in [0.2, 0.25) is 5.52 Å². The number of hydrogen-bond donors (Lipinski definition) is 0. The van der Waals surface area contributed by atoms with Crippen LogP contribution in [0, 0.1) is 23.2 Å². The van der Waals surface area contributed by atoms with Gasteiger partial charge in [-0.3, -0.25) is 0 Å². The van der Waals surface area contributed by atoms with Crippen molar-refractivity contribution in [2.45, 2.75) is 110 Å². The van der Waals surface area contributed by atoms with E-state index in [2.05, 4.69) is 97.3 Å². The second kappa shape index (κ2) is 4.87. The molecule has 4 aliphatic carbocycles. The van der Waals surface area contributed by atoms with Crippen molar-refractivity contribution in [1.82, 2.24) is 0 Å². The van der Waals surface area contributed by atoms with Crippen molar-refractivity contribution in [3.63, 3.8) is 0 Å². The van der Waals surface area contributed by atoms with E-state index in [0.717, 1.165) is 12.8 Å². The largest absolute Gasteiger partial charge is 0.221 e. The van der Waals surface area contributed by atoms with Gasteiger partial charge in [0.1, 0.15) is 0 Å². The molecule has 2 heterocycles. The van der Waals surface area contributed by atoms with E-state index < -0.39 is 0 Å². The Kier molecular flexibility index (Phi) is 2.91. The Morgan fingerprint density at radius 2 is 1.50 bits per heavy atom. The van der Waals surface area contributed by atoms with Gasteiger partial charge >= 0.3 is 0 Å². The van der Waals surface area contributed by atoms with Gasteiger partial charge in [-0.1, -0.05) is 59.7 Å². The molecule has 176 valence electrons. The molecule has 0 amide bonds. The molecule has 8 rings (SSSR count). The molecule has 3 aromatic rings. The summed E-state index contributed by atoms with van der Waals surface area (Å²) in [5.41, 5.74) is 10.4. The maximum atomic E-state index is 2.81. The number of hydrogen-bond acceptors (Lipinski definition) is 0. The van der Waals surface area contributed by atoms with Crippen molar-refractivity contribution in [2.24, 2.45) is 16.2 Å². The van der Waals surface area contributed by atoms with Gasteiger partial charge in [-0.05, 0) is 72.1 Å². The molecule has 3 saturated carbocycles. The average molecular weight is 451 g/mol. The first kappa shape index (κ1) is 20.3. The fraction of sp³-hybridized carbons (Fsp3) is 0.606. The molecule has 1 nitrogen and oxygen atoms in total. The zero-order valence-corrected chi connectivity index (χ0v) is 22.7. The molecule has 7 unspecified atom stereocenters. The summed E-state index contributed by atoms with van der Waals surface area (Å²) in [7, 11) is 0. The molecule has 0 bridgehead atoms. The summed E-state index contributed by atoms with van der Waals surface area (Å²) in [6.45, 7) is 22.8. The highest BCUT2D eigenvalue weighted by molar-refractivity contribution is 6.10. The van der Waals surface area contributed by atoms with Crippen molar-refractivity contribution < 1.29 is 4.57 Å². The predicted octanol–water partition coefficient (Wildman–Crippen LogP) is 7.74. The van der Waals surface area contributed by atoms with E-state index in [0.29, 0.717) is 27.1 Å². The molecule has 0 radical (unpaired) electrons. The standard InChI is InChI=1S/C33H40N/c1-10-27(4)22-14-12-13-20-19(3)15-21-25-23(16-34(26(21)24(20)22)32(27,9)11-2)28(5)17-30(7)31(8)18-29(25,6)33(28,30)31/h12-16H,10-11,17-18H2,1-9H3/q+1. The molecule has 1 aliphatic heterocycles. The molecular formula is C33H40N+. The Bertz CT molecular complexity index is 1540. The van der Waals surface area contributed by atoms with Gasteiger partial charge < -0.3 is 0 Å². The maximum Gasteiger partial charge on any atom is 0.221 e. The number of aromatic nitrogens is 1. The summed E-state index contributed by atoms with van der Waals surface area (Å²) >= 11 is 0. The van der Waals surface area contributed by atoms with E-state index in [1.807, 2.05) is 0 Å². The van der Waals surface area contributed by atoms with Crippen molar-refractivity contribution in [3.8, 4) is 0 Å². The lowest BCUT2D eigenvalue weighted by molar-refractivity contribution is -0.751. The summed E-state index contributed by atoms with van der Waals surface area (Å²) in [5.74, 6) is 0. The summed E-state index contributed by atoms with van der Waals surface area (Å²) < 4.78 is 2.81. The second-order valence-corrected chi connectivity index (χ2v) is 14.4. The van der Waals surface area contributed by atoms with E-state index in [1.54, 1.807) is 27.5 Å². The van der Waals surface area contributed by atoms with Crippen LogP contribution >= 0.6 is 0 Å². The Morgan fingerprint density at radius 3 is 2.12 bits per heavy atom. The minimum absolute atomic E-state index is 0.0576. The van der Waals surface area contributed by atoms with Crippen molar-refractivity contribution >= 4 is 21.7 Å². The first-order valence-electron chi connectivity index (χ1n) is 13.9. The molecule has 7 atom stereocenters. The Labute approximate surface area is 204 Å². The fourth-order valence-electron chi connectivity index (χ4n) is 12.8. The Morgan fingerprint density at radius 1 is 0.824 bits per heavy atom. The molecule has 5 aliphatic rings. The lowest BCUT2D eigenvalue weighted by atomic mass is 9.45. The summed E-state index contributed by atoms with van der Waals surface area (Å²) in [5, 5.41) is 4.58. The van der Waals surface area contributed by atoms with E-state index >= 15 is 0 Å². The summed E-state index contributed by atoms with van der Waals surface area (Å²) in [6, 6.07) is 9.74. The minimum atomic E-state index is 0.0576. The lowest BCUT2D eigenvalue weighted by Gasteiger charge is -2.57. The van der Waals surface area contributed by atoms with Crippen LogP contribution in [-0.4, -0.2) is 0 Å². The Hall–Kier alpha value is -1.89. The molecule has 3 fully saturated rings. The van der Waals surface area contributed by atoms with Crippen molar-refractivity contribution in [3.05, 3.63) is 52.7 Å². The highest BCUT2D eigenvalue weighted by Gasteiger charge is 3.06. The highest BCUT2D eigenvalue weighted by Crippen LogP contribution is 3.09. The van der Waals surface area contributed by atoms with E-state index in [1.165, 1.54) is 29.3 Å². The number of pyridine rings is 1. The highest BCUT2D eigenvalue weighted by atomic mass is 15.1. The van der Waals surface area contributed by atoms with Gasteiger partial charge in [-0.25, -0.2) is 0 Å². The molecule has 0 saturated heterocycles. The summed E-state index contributed by atoms with van der Waals surface area (Å²) in [4.78, 5) is 0. The van der Waals surface area contributed by atoms with Crippen LogP contribution in [0.4, 0.5) is 0 Å². The third kappa shape index (κ3) is 1.34. The minimum Gasteiger partial charge on any atom is -0.191 e. The quantitative estimate of drug-likeness (QED) is 0.278. The van der Waals surface area contributed by atoms with E-state index in [9.17, 15) is 0 Å². The van der Waals surface area contributed by atoms with Crippen LogP contribution in [0.5, 0.6) is 0 Å². The van der Waals surface area contributed by atoms with Crippen molar-refractivity contribution in [1.29, 1.82) is 0 Å². The van der Waals surface area contributed by atoms with Gasteiger partial charge in [-0.2, -0.15) is 4.57 Å². The van der Waals surface area contributed by atoms with E-state index in [4.69, 9.17) is 0 Å². The second-order valence-electron chi connectivity index (χ2n) is 14.4. The third-order valence-electron chi connectivity index (χ3n) is 14.1. The normalized spacial score (nSPS) is 48.4. The first-order valence-corrected chi connectivity index (χ1v) is 13.9. The molecule has 2 aromatic carbocycles. The number of rotatable bonds is 2.